The molecule has 0 radical (unpaired) electrons. The largest absolute Gasteiger partial charge is 0.392 e. The molecule has 0 aromatic heterocycles. The maximum atomic E-state index is 12.5. The molecule has 108 valence electrons. The van der Waals surface area contributed by atoms with E-state index < -0.39 is 10.0 Å². The van der Waals surface area contributed by atoms with E-state index in [2.05, 4.69) is 15.9 Å². The number of sulfonamides is 1. The predicted octanol–water partition coefficient (Wildman–Crippen LogP) is 2.53. The monoisotopic (exact) mass is 349 g/mol. The van der Waals surface area contributed by atoms with Crippen LogP contribution in [0.5, 0.6) is 0 Å². The van der Waals surface area contributed by atoms with Crippen LogP contribution in [-0.2, 0) is 16.6 Å². The fourth-order valence-corrected chi connectivity index (χ4v) is 4.11. The summed E-state index contributed by atoms with van der Waals surface area (Å²) in [4.78, 5) is 0.245. The van der Waals surface area contributed by atoms with Crippen LogP contribution < -0.4 is 0 Å². The van der Waals surface area contributed by atoms with Crippen molar-refractivity contribution < 1.29 is 13.5 Å². The molecule has 1 N–H and O–H groups in total. The van der Waals surface area contributed by atoms with E-state index in [1.165, 1.54) is 10.4 Å². The molecule has 0 aliphatic heterocycles. The zero-order valence-electron chi connectivity index (χ0n) is 11.6. The third-order valence-electron chi connectivity index (χ3n) is 2.85. The second kappa shape index (κ2) is 6.35. The minimum atomic E-state index is -3.53. The van der Waals surface area contributed by atoms with Crippen LogP contribution in [0.4, 0.5) is 0 Å². The number of halogens is 1. The minimum absolute atomic E-state index is 0.185. The lowest BCUT2D eigenvalue weighted by Gasteiger charge is -2.21. The summed E-state index contributed by atoms with van der Waals surface area (Å²) in [6.07, 6.45) is 0. The Bertz CT molecular complexity index is 555. The van der Waals surface area contributed by atoms with Gasteiger partial charge in [-0.05, 0) is 36.1 Å². The predicted molar refractivity (Wildman–Crippen MR) is 79.5 cm³/mol. The Morgan fingerprint density at radius 3 is 2.42 bits per heavy atom. The zero-order chi connectivity index (χ0) is 14.8. The molecule has 1 aromatic carbocycles. The van der Waals surface area contributed by atoms with Gasteiger partial charge in [-0.2, -0.15) is 0 Å². The fourth-order valence-electron chi connectivity index (χ4n) is 1.85. The Morgan fingerprint density at radius 1 is 1.37 bits per heavy atom. The van der Waals surface area contributed by atoms with E-state index in [0.29, 0.717) is 22.1 Å². The van der Waals surface area contributed by atoms with Gasteiger partial charge in [-0.15, -0.1) is 0 Å². The van der Waals surface area contributed by atoms with Crippen LogP contribution in [0.2, 0.25) is 0 Å². The van der Waals surface area contributed by atoms with E-state index in [1.54, 1.807) is 20.0 Å². The van der Waals surface area contributed by atoms with Crippen LogP contribution in [0, 0.1) is 12.8 Å². The highest BCUT2D eigenvalue weighted by atomic mass is 79.9. The number of benzene rings is 1. The van der Waals surface area contributed by atoms with E-state index in [-0.39, 0.29) is 17.4 Å². The van der Waals surface area contributed by atoms with Gasteiger partial charge in [0, 0.05) is 18.1 Å². The van der Waals surface area contributed by atoms with E-state index in [0.717, 1.165) is 0 Å². The average Bonchev–Trinajstić information content (AvgIpc) is 2.31. The molecule has 0 bridgehead atoms. The van der Waals surface area contributed by atoms with Crippen LogP contribution in [0.1, 0.15) is 25.0 Å². The Morgan fingerprint density at radius 2 is 1.95 bits per heavy atom. The first-order chi connectivity index (χ1) is 8.70. The van der Waals surface area contributed by atoms with Gasteiger partial charge in [-0.3, -0.25) is 0 Å². The SMILES string of the molecule is Cc1c(Br)cc(CO)cc1S(=O)(=O)N(C)CC(C)C. The molecule has 1 rings (SSSR count). The molecular weight excluding hydrogens is 330 g/mol. The molecule has 19 heavy (non-hydrogen) atoms. The minimum Gasteiger partial charge on any atom is -0.392 e. The smallest absolute Gasteiger partial charge is 0.243 e. The number of nitrogens with zero attached hydrogens (tertiary/aromatic N) is 1. The third-order valence-corrected chi connectivity index (χ3v) is 5.62. The summed E-state index contributed by atoms with van der Waals surface area (Å²) in [7, 11) is -1.95. The summed E-state index contributed by atoms with van der Waals surface area (Å²) in [6.45, 7) is 5.97. The van der Waals surface area contributed by atoms with Crippen LogP contribution >= 0.6 is 15.9 Å². The highest BCUT2D eigenvalue weighted by molar-refractivity contribution is 9.10. The number of rotatable bonds is 5. The average molecular weight is 350 g/mol. The van der Waals surface area contributed by atoms with E-state index in [1.807, 2.05) is 13.8 Å². The van der Waals surface area contributed by atoms with Gasteiger partial charge in [0.15, 0.2) is 0 Å². The molecule has 1 aromatic rings. The molecule has 0 unspecified atom stereocenters. The summed E-state index contributed by atoms with van der Waals surface area (Å²) in [5.74, 6) is 0.254. The zero-order valence-corrected chi connectivity index (χ0v) is 14.0. The van der Waals surface area contributed by atoms with Crippen molar-refractivity contribution in [3.05, 3.63) is 27.7 Å². The second-order valence-electron chi connectivity index (χ2n) is 5.04. The van der Waals surface area contributed by atoms with Crippen molar-refractivity contribution >= 4 is 26.0 Å². The van der Waals surface area contributed by atoms with Crippen molar-refractivity contribution in [3.8, 4) is 0 Å². The van der Waals surface area contributed by atoms with Crippen molar-refractivity contribution in [1.29, 1.82) is 0 Å². The van der Waals surface area contributed by atoms with Gasteiger partial charge in [0.2, 0.25) is 10.0 Å². The summed E-state index contributed by atoms with van der Waals surface area (Å²) in [5, 5.41) is 9.20. The van der Waals surface area contributed by atoms with Gasteiger partial charge in [0.1, 0.15) is 0 Å². The molecular formula is C13H20BrNO3S. The topological polar surface area (TPSA) is 57.6 Å². The van der Waals surface area contributed by atoms with Crippen molar-refractivity contribution in [2.45, 2.75) is 32.3 Å². The molecule has 0 aliphatic carbocycles. The van der Waals surface area contributed by atoms with Crippen LogP contribution in [0.15, 0.2) is 21.5 Å². The molecule has 0 amide bonds. The maximum Gasteiger partial charge on any atom is 0.243 e. The number of aliphatic hydroxyl groups is 1. The van der Waals surface area contributed by atoms with Crippen LogP contribution in [-0.4, -0.2) is 31.4 Å². The standard InChI is InChI=1S/C13H20BrNO3S/c1-9(2)7-15(4)19(17,18)13-6-11(8-16)5-12(14)10(13)3/h5-6,9,16H,7-8H2,1-4H3. The molecule has 0 saturated carbocycles. The molecule has 0 heterocycles. The van der Waals surface area contributed by atoms with E-state index >= 15 is 0 Å². The number of hydrogen-bond acceptors (Lipinski definition) is 3. The molecule has 0 spiro atoms. The van der Waals surface area contributed by atoms with Crippen molar-refractivity contribution in [1.82, 2.24) is 4.31 Å². The first kappa shape index (κ1) is 16.6. The van der Waals surface area contributed by atoms with Crippen LogP contribution in [0.3, 0.4) is 0 Å². The van der Waals surface area contributed by atoms with Gasteiger partial charge in [0.25, 0.3) is 0 Å². The van der Waals surface area contributed by atoms with E-state index in [4.69, 9.17) is 0 Å². The van der Waals surface area contributed by atoms with Crippen molar-refractivity contribution in [2.75, 3.05) is 13.6 Å². The maximum absolute atomic E-state index is 12.5. The second-order valence-corrected chi connectivity index (χ2v) is 7.91. The molecule has 6 heteroatoms. The highest BCUT2D eigenvalue weighted by Gasteiger charge is 2.24. The fraction of sp³-hybridized carbons (Fsp3) is 0.538. The van der Waals surface area contributed by atoms with Gasteiger partial charge >= 0.3 is 0 Å². The van der Waals surface area contributed by atoms with Crippen LogP contribution in [0.25, 0.3) is 0 Å². The van der Waals surface area contributed by atoms with Crippen molar-refractivity contribution in [2.24, 2.45) is 5.92 Å². The molecule has 0 atom stereocenters. The number of aliphatic hydroxyl groups excluding tert-OH is 1. The molecule has 0 fully saturated rings. The van der Waals surface area contributed by atoms with Gasteiger partial charge in [-0.25, -0.2) is 12.7 Å². The molecule has 0 saturated heterocycles. The lowest BCUT2D eigenvalue weighted by atomic mass is 10.2. The first-order valence-electron chi connectivity index (χ1n) is 6.06. The quantitative estimate of drug-likeness (QED) is 0.888. The van der Waals surface area contributed by atoms with E-state index in [9.17, 15) is 13.5 Å². The normalized spacial score (nSPS) is 12.4. The summed E-state index contributed by atoms with van der Waals surface area (Å²) >= 11 is 3.34. The molecule has 4 nitrogen and oxygen atoms in total. The highest BCUT2D eigenvalue weighted by Crippen LogP contribution is 2.28. The Hall–Kier alpha value is -0.430. The lowest BCUT2D eigenvalue weighted by molar-refractivity contribution is 0.281. The van der Waals surface area contributed by atoms with Gasteiger partial charge in [-0.1, -0.05) is 29.8 Å². The van der Waals surface area contributed by atoms with Gasteiger partial charge in [0.05, 0.1) is 11.5 Å². The van der Waals surface area contributed by atoms with Crippen molar-refractivity contribution in [3.63, 3.8) is 0 Å². The summed E-state index contributed by atoms with van der Waals surface area (Å²) in [6, 6.07) is 3.27. The summed E-state index contributed by atoms with van der Waals surface area (Å²) < 4.78 is 27.1. The lowest BCUT2D eigenvalue weighted by Crippen LogP contribution is -2.31. The third kappa shape index (κ3) is 3.78. The van der Waals surface area contributed by atoms with Gasteiger partial charge < -0.3 is 5.11 Å². The number of hydrogen-bond donors (Lipinski definition) is 1. The summed E-state index contributed by atoms with van der Waals surface area (Å²) in [5.41, 5.74) is 1.24. The first-order valence-corrected chi connectivity index (χ1v) is 8.29. The Kier molecular flexibility index (Phi) is 5.55. The Labute approximate surface area is 123 Å². The molecule has 0 aliphatic rings. The Balaban J connectivity index is 3.32.